The lowest BCUT2D eigenvalue weighted by atomic mass is 10.2. The summed E-state index contributed by atoms with van der Waals surface area (Å²) in [5.74, 6) is -0.208. The summed E-state index contributed by atoms with van der Waals surface area (Å²) in [4.78, 5) is 11.1. The molecule has 0 N–H and O–H groups in total. The SMILES string of the molecule is CC(=O)CCS(=O)(=O)c1ccccc1C. The summed E-state index contributed by atoms with van der Waals surface area (Å²) in [6.07, 6.45) is 0.0800. The number of sulfone groups is 1. The second-order valence-electron chi connectivity index (χ2n) is 3.54. The number of rotatable bonds is 4. The maximum absolute atomic E-state index is 11.8. The van der Waals surface area contributed by atoms with Crippen molar-refractivity contribution in [3.63, 3.8) is 0 Å². The molecule has 0 radical (unpaired) electrons. The van der Waals surface area contributed by atoms with Crippen molar-refractivity contribution in [1.29, 1.82) is 0 Å². The Balaban J connectivity index is 2.97. The number of carbonyl (C=O) groups excluding carboxylic acids is 1. The van der Waals surface area contributed by atoms with Gasteiger partial charge in [-0.3, -0.25) is 4.79 Å². The van der Waals surface area contributed by atoms with Crippen molar-refractivity contribution in [1.82, 2.24) is 0 Å². The molecule has 0 aromatic heterocycles. The van der Waals surface area contributed by atoms with Crippen LogP contribution < -0.4 is 0 Å². The number of hydrogen-bond acceptors (Lipinski definition) is 3. The molecule has 0 saturated heterocycles. The molecule has 0 atom stereocenters. The van der Waals surface area contributed by atoms with Crippen molar-refractivity contribution in [2.75, 3.05) is 5.75 Å². The van der Waals surface area contributed by atoms with Crippen LogP contribution in [0.15, 0.2) is 29.2 Å². The summed E-state index contributed by atoms with van der Waals surface area (Å²) in [7, 11) is -3.31. The van der Waals surface area contributed by atoms with Gasteiger partial charge in [0, 0.05) is 6.42 Å². The van der Waals surface area contributed by atoms with Crippen LogP contribution in [-0.2, 0) is 14.6 Å². The van der Waals surface area contributed by atoms with Gasteiger partial charge in [-0.1, -0.05) is 18.2 Å². The molecule has 0 spiro atoms. The van der Waals surface area contributed by atoms with E-state index in [1.807, 2.05) is 0 Å². The van der Waals surface area contributed by atoms with Crippen LogP contribution in [0.2, 0.25) is 0 Å². The Labute approximate surface area is 90.0 Å². The summed E-state index contributed by atoms with van der Waals surface area (Å²) >= 11 is 0. The molecule has 1 rings (SSSR count). The van der Waals surface area contributed by atoms with Crippen LogP contribution in [0, 0.1) is 6.92 Å². The Morgan fingerprint density at radius 3 is 2.40 bits per heavy atom. The Hall–Kier alpha value is -1.16. The maximum Gasteiger partial charge on any atom is 0.179 e. The molecule has 0 aliphatic heterocycles. The number of ketones is 1. The van der Waals surface area contributed by atoms with Crippen molar-refractivity contribution in [2.24, 2.45) is 0 Å². The highest BCUT2D eigenvalue weighted by Gasteiger charge is 2.16. The van der Waals surface area contributed by atoms with Crippen molar-refractivity contribution >= 4 is 15.6 Å². The molecule has 0 amide bonds. The van der Waals surface area contributed by atoms with Gasteiger partial charge in [-0.05, 0) is 25.5 Å². The minimum absolute atomic E-state index is 0.0800. The van der Waals surface area contributed by atoms with E-state index in [4.69, 9.17) is 0 Å². The average molecular weight is 226 g/mol. The number of hydrogen-bond donors (Lipinski definition) is 0. The summed E-state index contributed by atoms with van der Waals surface area (Å²) < 4.78 is 23.6. The molecule has 0 unspecified atom stereocenters. The lowest BCUT2D eigenvalue weighted by molar-refractivity contribution is -0.116. The van der Waals surface area contributed by atoms with Gasteiger partial charge < -0.3 is 0 Å². The first-order valence-corrected chi connectivity index (χ1v) is 6.36. The van der Waals surface area contributed by atoms with E-state index in [0.717, 1.165) is 5.56 Å². The number of carbonyl (C=O) groups is 1. The zero-order chi connectivity index (χ0) is 11.5. The van der Waals surface area contributed by atoms with Crippen LogP contribution in [-0.4, -0.2) is 20.0 Å². The maximum atomic E-state index is 11.8. The quantitative estimate of drug-likeness (QED) is 0.786. The van der Waals surface area contributed by atoms with Crippen LogP contribution in [0.1, 0.15) is 18.9 Å². The van der Waals surface area contributed by atoms with Crippen LogP contribution >= 0.6 is 0 Å². The molecule has 4 heteroatoms. The van der Waals surface area contributed by atoms with Gasteiger partial charge >= 0.3 is 0 Å². The summed E-state index contributed by atoms with van der Waals surface area (Å²) in [6.45, 7) is 3.15. The first-order valence-electron chi connectivity index (χ1n) is 4.71. The average Bonchev–Trinajstić information content (AvgIpc) is 2.15. The van der Waals surface area contributed by atoms with Crippen molar-refractivity contribution in [2.45, 2.75) is 25.2 Å². The molecule has 82 valence electrons. The molecule has 15 heavy (non-hydrogen) atoms. The Morgan fingerprint density at radius 2 is 1.87 bits per heavy atom. The van der Waals surface area contributed by atoms with E-state index in [1.54, 1.807) is 31.2 Å². The van der Waals surface area contributed by atoms with E-state index in [9.17, 15) is 13.2 Å². The van der Waals surface area contributed by atoms with Crippen molar-refractivity contribution in [3.8, 4) is 0 Å². The summed E-state index contributed by atoms with van der Waals surface area (Å²) in [5.41, 5.74) is 0.723. The van der Waals surface area contributed by atoms with Gasteiger partial charge in [0.15, 0.2) is 9.84 Å². The predicted octanol–water partition coefficient (Wildman–Crippen LogP) is 1.75. The molecule has 1 aromatic rings. The van der Waals surface area contributed by atoms with Gasteiger partial charge in [-0.15, -0.1) is 0 Å². The van der Waals surface area contributed by atoms with Crippen LogP contribution in [0.3, 0.4) is 0 Å². The minimum Gasteiger partial charge on any atom is -0.300 e. The molecule has 0 fully saturated rings. The van der Waals surface area contributed by atoms with Crippen molar-refractivity contribution in [3.05, 3.63) is 29.8 Å². The smallest absolute Gasteiger partial charge is 0.179 e. The van der Waals surface area contributed by atoms with E-state index in [2.05, 4.69) is 0 Å². The van der Waals surface area contributed by atoms with Gasteiger partial charge in [0.05, 0.1) is 10.6 Å². The monoisotopic (exact) mass is 226 g/mol. The van der Waals surface area contributed by atoms with E-state index in [-0.39, 0.29) is 18.0 Å². The predicted molar refractivity (Wildman–Crippen MR) is 58.5 cm³/mol. The van der Waals surface area contributed by atoms with Gasteiger partial charge in [0.25, 0.3) is 0 Å². The summed E-state index contributed by atoms with van der Waals surface area (Å²) in [5, 5.41) is 0. The third kappa shape index (κ3) is 3.16. The summed E-state index contributed by atoms with van der Waals surface area (Å²) in [6, 6.07) is 6.80. The van der Waals surface area contributed by atoms with E-state index < -0.39 is 9.84 Å². The van der Waals surface area contributed by atoms with Crippen LogP contribution in [0.5, 0.6) is 0 Å². The second-order valence-corrected chi connectivity index (χ2v) is 5.61. The van der Waals surface area contributed by atoms with E-state index in [1.165, 1.54) is 6.92 Å². The van der Waals surface area contributed by atoms with Crippen LogP contribution in [0.25, 0.3) is 0 Å². The molecule has 3 nitrogen and oxygen atoms in total. The Kier molecular flexibility index (Phi) is 3.63. The third-order valence-corrected chi connectivity index (χ3v) is 4.02. The first-order chi connectivity index (χ1) is 6.93. The van der Waals surface area contributed by atoms with Gasteiger partial charge in [-0.25, -0.2) is 8.42 Å². The fourth-order valence-corrected chi connectivity index (χ4v) is 2.91. The van der Waals surface area contributed by atoms with E-state index in [0.29, 0.717) is 4.90 Å². The molecular formula is C11H14O3S. The molecule has 0 heterocycles. The number of Topliss-reactive ketones (excluding diaryl/α,β-unsaturated/α-hetero) is 1. The lowest BCUT2D eigenvalue weighted by Gasteiger charge is -2.05. The van der Waals surface area contributed by atoms with Gasteiger partial charge in [0.1, 0.15) is 5.78 Å². The molecule has 0 aliphatic carbocycles. The standard InChI is InChI=1S/C11H14O3S/c1-9-5-3-4-6-11(9)15(13,14)8-7-10(2)12/h3-6H,7-8H2,1-2H3. The first kappa shape index (κ1) is 11.9. The minimum atomic E-state index is -3.31. The van der Waals surface area contributed by atoms with Crippen molar-refractivity contribution < 1.29 is 13.2 Å². The lowest BCUT2D eigenvalue weighted by Crippen LogP contribution is -2.11. The fraction of sp³-hybridized carbons (Fsp3) is 0.364. The molecule has 1 aromatic carbocycles. The fourth-order valence-electron chi connectivity index (χ4n) is 1.29. The van der Waals surface area contributed by atoms with E-state index >= 15 is 0 Å². The number of benzene rings is 1. The second kappa shape index (κ2) is 4.57. The Bertz CT molecular complexity index is 460. The molecule has 0 aliphatic rings. The molecule has 0 bridgehead atoms. The highest BCUT2D eigenvalue weighted by Crippen LogP contribution is 2.16. The molecular weight excluding hydrogens is 212 g/mol. The third-order valence-electron chi connectivity index (χ3n) is 2.15. The van der Waals surface area contributed by atoms with Gasteiger partial charge in [0.2, 0.25) is 0 Å². The Morgan fingerprint density at radius 1 is 1.27 bits per heavy atom. The highest BCUT2D eigenvalue weighted by atomic mass is 32.2. The van der Waals surface area contributed by atoms with Gasteiger partial charge in [-0.2, -0.15) is 0 Å². The normalized spacial score (nSPS) is 11.3. The zero-order valence-corrected chi connectivity index (χ0v) is 9.67. The topological polar surface area (TPSA) is 51.2 Å². The highest BCUT2D eigenvalue weighted by molar-refractivity contribution is 7.91. The van der Waals surface area contributed by atoms with Crippen LogP contribution in [0.4, 0.5) is 0 Å². The molecule has 0 saturated carbocycles. The zero-order valence-electron chi connectivity index (χ0n) is 8.86. The number of aryl methyl sites for hydroxylation is 1. The largest absolute Gasteiger partial charge is 0.300 e.